The predicted molar refractivity (Wildman–Crippen MR) is 341 cm³/mol. The predicted octanol–water partition coefficient (Wildman–Crippen LogP) is 6.32. The van der Waals surface area contributed by atoms with Crippen molar-refractivity contribution in [2.45, 2.75) is 150 Å². The molecule has 0 radical (unpaired) electrons. The van der Waals surface area contributed by atoms with Gasteiger partial charge in [0.25, 0.3) is 5.91 Å². The highest BCUT2D eigenvalue weighted by Gasteiger charge is 2.57. The van der Waals surface area contributed by atoms with Gasteiger partial charge in [-0.25, -0.2) is 41.7 Å². The molecule has 542 valence electrons. The normalized spacial score (nSPS) is 20.9. The van der Waals surface area contributed by atoms with Crippen LogP contribution < -0.4 is 40.3 Å². The number of methoxy groups -OCH3 is 2. The van der Waals surface area contributed by atoms with Crippen LogP contribution in [0.3, 0.4) is 0 Å². The van der Waals surface area contributed by atoms with E-state index >= 15 is 0 Å². The molecular formula is C60H95ClF6N9O17S2+. The molecule has 2 atom stereocenters. The number of aliphatic imine (C=N–C) groups is 1. The van der Waals surface area contributed by atoms with Gasteiger partial charge in [0.15, 0.2) is 28.8 Å². The highest BCUT2D eigenvalue weighted by Crippen LogP contribution is 2.38. The molecule has 6 aliphatic heterocycles. The zero-order valence-corrected chi connectivity index (χ0v) is 56.9. The monoisotopic (exact) mass is 1430 g/mol. The van der Waals surface area contributed by atoms with Crippen molar-refractivity contribution < 1.29 is 105 Å². The molecule has 95 heavy (non-hydrogen) atoms. The molecule has 1 amide bonds. The van der Waals surface area contributed by atoms with E-state index in [2.05, 4.69) is 70.9 Å². The number of rotatable bonds is 26. The van der Waals surface area contributed by atoms with Gasteiger partial charge in [0.1, 0.15) is 41.8 Å². The van der Waals surface area contributed by atoms with Gasteiger partial charge in [-0.3, -0.25) is 14.4 Å². The Morgan fingerprint density at radius 2 is 1.09 bits per heavy atom. The minimum absolute atomic E-state index is 0.00282. The number of aliphatic carboxylic acids is 1. The lowest BCUT2D eigenvalue weighted by Crippen LogP contribution is -2.63. The number of carbonyl (C=O) groups excluding carboxylic acids is 1. The maximum atomic E-state index is 14.1. The van der Waals surface area contributed by atoms with Gasteiger partial charge >= 0.3 is 24.7 Å². The summed E-state index contributed by atoms with van der Waals surface area (Å²) >= 11 is 4.64. The number of sulfonamides is 2. The largest absolute Gasteiger partial charge is 0.573 e. The van der Waals surface area contributed by atoms with Crippen molar-refractivity contribution in [3.05, 3.63) is 48.5 Å². The maximum Gasteiger partial charge on any atom is 0.573 e. The lowest BCUT2D eigenvalue weighted by atomic mass is 9.95. The van der Waals surface area contributed by atoms with E-state index in [0.717, 1.165) is 82.6 Å². The summed E-state index contributed by atoms with van der Waals surface area (Å²) < 4.78 is 172. The first-order valence-electron chi connectivity index (χ1n) is 31.5. The molecular weight excluding hydrogens is 1330 g/mol. The average Bonchev–Trinajstić information content (AvgIpc) is 0.755. The standard InChI is InChI=1S/C26H38F3N3O8S.C21H29F3N2O7S.C7H14N3.C5H11NO2.CH3Cl/c1-36-19-17-31-15-11-25(12-16-31,24(33)30-40-23-4-2-3-18-37-23)41(34,35)32-13-9-21(10-14-32)38-20-5-7-22(8-6-20)39-26(27,28)29;1-31-15-14-25-12-8-20(9-13-25,19(27)28)34(29,30)26-10-6-17(7-11-26)32-16-2-4-18(5-3-16)33-21(22,23)24;1-3-9-5-4-6-10-7-8-2;6-8-5-3-1-2-4-7-5;1-2/h5-8,21,23H,2-4,9-19H2,1H3,(H,30,33);2-5,17H,6-15H2,1H3,(H,27,28);9H,2-6H2,1H3;5H,1-4,6H2;1H3/q;;+1;;. The first-order valence-corrected chi connectivity index (χ1v) is 35.2. The summed E-state index contributed by atoms with van der Waals surface area (Å²) in [5.74, 6) is 2.80. The number of alkyl halides is 7. The van der Waals surface area contributed by atoms with E-state index in [1.54, 1.807) is 14.2 Å². The number of nitrogens with two attached hydrogens (primary N) is 1. The summed E-state index contributed by atoms with van der Waals surface area (Å²) in [7, 11) is -5.04. The van der Waals surface area contributed by atoms with E-state index in [-0.39, 0.29) is 81.9 Å². The third-order valence-electron chi connectivity index (χ3n) is 16.3. The Morgan fingerprint density at radius 3 is 1.45 bits per heavy atom. The SMILES string of the molecule is C=[N+]=C=NCCCNCC.CCl.COCCN1CCC(C(=O)NOC2CCCCO2)(S(=O)(=O)N2CCC(Oc3ccc(OC(F)(F)F)cc3)CC2)CC1.COCCN1CCC(C(=O)O)(S(=O)(=O)N2CCC(Oc3ccc(OC(F)(F)F)cc3)CC2)CC1.NOC1CCCCO1. The van der Waals surface area contributed by atoms with Crippen molar-refractivity contribution in [3.63, 3.8) is 0 Å². The minimum Gasteiger partial charge on any atom is -0.490 e. The number of ether oxygens (including phenoxy) is 8. The van der Waals surface area contributed by atoms with Gasteiger partial charge < -0.3 is 58.1 Å². The van der Waals surface area contributed by atoms with Crippen molar-refractivity contribution in [1.29, 1.82) is 0 Å². The molecule has 6 heterocycles. The highest BCUT2D eigenvalue weighted by atomic mass is 35.5. The molecule has 0 aromatic heterocycles. The van der Waals surface area contributed by atoms with E-state index in [1.165, 1.54) is 45.7 Å². The van der Waals surface area contributed by atoms with Gasteiger partial charge in [0.2, 0.25) is 20.0 Å². The summed E-state index contributed by atoms with van der Waals surface area (Å²) in [6.07, 6.45) is -1.30. The zero-order chi connectivity index (χ0) is 70.0. The number of benzene rings is 2. The summed E-state index contributed by atoms with van der Waals surface area (Å²) in [5.41, 5.74) is 2.41. The molecule has 5 N–H and O–H groups in total. The van der Waals surface area contributed by atoms with Gasteiger partial charge in [0.05, 0.1) is 13.2 Å². The second-order valence-corrected chi connectivity index (χ2v) is 27.1. The highest BCUT2D eigenvalue weighted by molar-refractivity contribution is 7.91. The number of halogens is 7. The lowest BCUT2D eigenvalue weighted by molar-refractivity contribution is -0.275. The van der Waals surface area contributed by atoms with E-state index < -0.39 is 60.4 Å². The molecule has 6 aliphatic rings. The molecule has 2 aromatic carbocycles. The molecule has 6 saturated heterocycles. The first-order chi connectivity index (χ1) is 45.3. The Labute approximate surface area is 558 Å². The molecule has 8 rings (SSSR count). The third-order valence-corrected chi connectivity index (χ3v) is 21.5. The number of carbonyl (C=O) groups is 2. The first kappa shape index (κ1) is 82.5. The minimum atomic E-state index is -4.79. The Balaban J connectivity index is 0.000000316. The molecule has 0 saturated carbocycles. The van der Waals surface area contributed by atoms with Crippen molar-refractivity contribution in [2.75, 3.05) is 132 Å². The molecule has 0 aliphatic carbocycles. The molecule has 2 unspecified atom stereocenters. The molecule has 0 spiro atoms. The number of nitrogens with zero attached hydrogens (tertiary/aromatic N) is 6. The fourth-order valence-corrected chi connectivity index (χ4v) is 15.3. The Bertz CT molecular complexity index is 2830. The second-order valence-electron chi connectivity index (χ2n) is 22.6. The van der Waals surface area contributed by atoms with Crippen LogP contribution in [-0.2, 0) is 58.3 Å². The van der Waals surface area contributed by atoms with E-state index in [1.807, 2.05) is 4.90 Å². The molecule has 6 fully saturated rings. The Kier molecular flexibility index (Phi) is 36.5. The maximum absolute atomic E-state index is 14.1. The quantitative estimate of drug-likeness (QED) is 0.0200. The topological polar surface area (TPSA) is 304 Å². The second kappa shape index (κ2) is 42.1. The van der Waals surface area contributed by atoms with Gasteiger partial charge in [-0.05, 0) is 144 Å². The van der Waals surface area contributed by atoms with E-state index in [4.69, 9.17) is 39.2 Å². The van der Waals surface area contributed by atoms with Crippen molar-refractivity contribution in [2.24, 2.45) is 10.9 Å². The van der Waals surface area contributed by atoms with Gasteiger partial charge in [0, 0.05) is 119 Å². The van der Waals surface area contributed by atoms with Crippen LogP contribution in [0.1, 0.15) is 103 Å². The van der Waals surface area contributed by atoms with Crippen molar-refractivity contribution >= 4 is 56.2 Å². The van der Waals surface area contributed by atoms with Crippen LogP contribution in [0.25, 0.3) is 0 Å². The van der Waals surface area contributed by atoms with Crippen LogP contribution in [0.2, 0.25) is 0 Å². The fraction of sp³-hybridized carbons (Fsp3) is 0.733. The summed E-state index contributed by atoms with van der Waals surface area (Å²) in [5, 5.41) is 13.1. The molecule has 35 heteroatoms. The Hall–Kier alpha value is -4.97. The number of amides is 1. The van der Waals surface area contributed by atoms with Crippen LogP contribution in [0, 0.1) is 0 Å². The average molecular weight is 1430 g/mol. The fourth-order valence-electron chi connectivity index (χ4n) is 11.0. The number of hydrogen-bond acceptors (Lipinski definition) is 21. The van der Waals surface area contributed by atoms with Gasteiger partial charge in [-0.15, -0.1) is 37.9 Å². The number of carboxylic acids is 1. The van der Waals surface area contributed by atoms with Crippen molar-refractivity contribution in [3.8, 4) is 23.0 Å². The lowest BCUT2D eigenvalue weighted by Gasteiger charge is -2.43. The molecule has 0 bridgehead atoms. The summed E-state index contributed by atoms with van der Waals surface area (Å²) in [4.78, 5) is 43.6. The number of nitrogens with one attached hydrogen (secondary N) is 2. The van der Waals surface area contributed by atoms with Crippen LogP contribution >= 0.6 is 11.6 Å². The number of likely N-dealkylation sites (tertiary alicyclic amines) is 2. The van der Waals surface area contributed by atoms with Crippen LogP contribution in [0.5, 0.6) is 23.0 Å². The Morgan fingerprint density at radius 1 is 0.684 bits per heavy atom. The van der Waals surface area contributed by atoms with Gasteiger partial charge in [-0.2, -0.15) is 4.67 Å². The molecule has 26 nitrogen and oxygen atoms in total. The van der Waals surface area contributed by atoms with Crippen LogP contribution in [0.15, 0.2) is 53.5 Å². The smallest absolute Gasteiger partial charge is 0.490 e. The number of carboxylic acid groups (broad SMARTS) is 1. The van der Waals surface area contributed by atoms with Crippen LogP contribution in [0.4, 0.5) is 26.3 Å². The number of hydrogen-bond donors (Lipinski definition) is 4. The molecule has 2 aromatic rings. The third kappa shape index (κ3) is 27.3. The van der Waals surface area contributed by atoms with Crippen molar-refractivity contribution in [1.82, 2.24) is 33.9 Å². The van der Waals surface area contributed by atoms with Gasteiger partial charge in [-0.1, -0.05) is 6.92 Å². The number of hydroxylamine groups is 1. The zero-order valence-electron chi connectivity index (χ0n) is 54.5. The number of piperidine rings is 4. The summed E-state index contributed by atoms with van der Waals surface area (Å²) in [6, 6.07) is 12.5. The van der Waals surface area contributed by atoms with E-state index in [0.29, 0.717) is 103 Å². The van der Waals surface area contributed by atoms with E-state index in [9.17, 15) is 57.9 Å². The summed E-state index contributed by atoms with van der Waals surface area (Å²) in [6.45, 7) is 13.6. The van der Waals surface area contributed by atoms with Crippen LogP contribution in [-0.4, -0.2) is 244 Å².